The summed E-state index contributed by atoms with van der Waals surface area (Å²) in [5.41, 5.74) is 6.39. The molecule has 5 rings (SSSR count). The van der Waals surface area contributed by atoms with E-state index in [1.54, 1.807) is 10.8 Å². The van der Waals surface area contributed by atoms with Crippen LogP contribution in [0, 0.1) is 0 Å². The first-order chi connectivity index (χ1) is 18.4. The molecule has 0 saturated heterocycles. The lowest BCUT2D eigenvalue weighted by molar-refractivity contribution is 0.261. The van der Waals surface area contributed by atoms with Crippen molar-refractivity contribution in [3.8, 4) is 28.3 Å². The second kappa shape index (κ2) is 11.0. The van der Waals surface area contributed by atoms with E-state index in [1.807, 2.05) is 44.4 Å². The smallest absolute Gasteiger partial charge is 0.328 e. The van der Waals surface area contributed by atoms with Crippen molar-refractivity contribution in [1.29, 1.82) is 0 Å². The third-order valence-corrected chi connectivity index (χ3v) is 6.60. The lowest BCUT2D eigenvalue weighted by Gasteiger charge is -2.12. The summed E-state index contributed by atoms with van der Waals surface area (Å²) in [6, 6.07) is 24.5. The van der Waals surface area contributed by atoms with Crippen LogP contribution in [0.2, 0.25) is 0 Å². The molecule has 0 aliphatic heterocycles. The molecule has 0 atom stereocenters. The SMILES string of the molecule is CC(C)c1ccccc1-c1ncc2[nH]c(=O)n(Cc3ccc(-c4cccc(OCCN(C)C)c4)cc3)c2n1. The van der Waals surface area contributed by atoms with Crippen molar-refractivity contribution in [3.63, 3.8) is 0 Å². The van der Waals surface area contributed by atoms with Gasteiger partial charge in [0.25, 0.3) is 0 Å². The zero-order chi connectivity index (χ0) is 26.6. The van der Waals surface area contributed by atoms with Gasteiger partial charge < -0.3 is 14.6 Å². The van der Waals surface area contributed by atoms with E-state index in [4.69, 9.17) is 9.72 Å². The zero-order valence-electron chi connectivity index (χ0n) is 22.3. The molecule has 0 spiro atoms. The fourth-order valence-corrected chi connectivity index (χ4v) is 4.52. The monoisotopic (exact) mass is 507 g/mol. The predicted octanol–water partition coefficient (Wildman–Crippen LogP) is 5.57. The standard InChI is InChI=1S/C31H33N5O2/c1-21(2)26-10-5-6-11-27(26)29-32-19-28-30(34-29)36(31(37)33-28)20-22-12-14-23(15-13-22)24-8-7-9-25(18-24)38-17-16-35(3)4/h5-15,18-19,21H,16-17,20H2,1-4H3,(H,33,37). The van der Waals surface area contributed by atoms with Gasteiger partial charge in [0.05, 0.1) is 12.7 Å². The summed E-state index contributed by atoms with van der Waals surface area (Å²) >= 11 is 0. The molecule has 0 aliphatic rings. The summed E-state index contributed by atoms with van der Waals surface area (Å²) in [5, 5.41) is 0. The Labute approximate surface area is 222 Å². The minimum absolute atomic E-state index is 0.199. The third-order valence-electron chi connectivity index (χ3n) is 6.60. The molecule has 194 valence electrons. The van der Waals surface area contributed by atoms with Crippen molar-refractivity contribution in [2.24, 2.45) is 0 Å². The number of aromatic nitrogens is 4. The topological polar surface area (TPSA) is 76.0 Å². The van der Waals surface area contributed by atoms with E-state index in [0.717, 1.165) is 34.5 Å². The summed E-state index contributed by atoms with van der Waals surface area (Å²) in [5.74, 6) is 1.81. The zero-order valence-corrected chi connectivity index (χ0v) is 22.3. The average Bonchev–Trinajstić information content (AvgIpc) is 3.23. The highest BCUT2D eigenvalue weighted by Gasteiger charge is 2.15. The Balaban J connectivity index is 1.39. The van der Waals surface area contributed by atoms with E-state index in [-0.39, 0.29) is 5.69 Å². The molecule has 3 aromatic carbocycles. The van der Waals surface area contributed by atoms with Crippen LogP contribution in [0.3, 0.4) is 0 Å². The number of H-pyrrole nitrogens is 1. The Hall–Kier alpha value is -4.23. The molecule has 0 radical (unpaired) electrons. The fourth-order valence-electron chi connectivity index (χ4n) is 4.52. The molecule has 0 amide bonds. The van der Waals surface area contributed by atoms with Crippen molar-refractivity contribution >= 4 is 11.2 Å². The first-order valence-corrected chi connectivity index (χ1v) is 12.9. The second-order valence-electron chi connectivity index (χ2n) is 10.1. The molecule has 7 nitrogen and oxygen atoms in total. The number of ether oxygens (including phenoxy) is 1. The Bertz CT molecular complexity index is 1600. The molecule has 5 aromatic rings. The van der Waals surface area contributed by atoms with Crippen LogP contribution in [0.1, 0.15) is 30.9 Å². The van der Waals surface area contributed by atoms with Crippen LogP contribution in [-0.2, 0) is 6.54 Å². The summed E-state index contributed by atoms with van der Waals surface area (Å²) in [6.45, 7) is 6.23. The van der Waals surface area contributed by atoms with E-state index >= 15 is 0 Å². The van der Waals surface area contributed by atoms with Gasteiger partial charge in [-0.2, -0.15) is 0 Å². The molecular weight excluding hydrogens is 474 g/mol. The van der Waals surface area contributed by atoms with Crippen LogP contribution in [0.25, 0.3) is 33.7 Å². The van der Waals surface area contributed by atoms with Crippen LogP contribution >= 0.6 is 0 Å². The van der Waals surface area contributed by atoms with Crippen molar-refractivity contribution in [3.05, 3.63) is 101 Å². The highest BCUT2D eigenvalue weighted by atomic mass is 16.5. The first-order valence-electron chi connectivity index (χ1n) is 12.9. The first kappa shape index (κ1) is 25.4. The molecule has 38 heavy (non-hydrogen) atoms. The Morgan fingerprint density at radius 1 is 0.974 bits per heavy atom. The lowest BCUT2D eigenvalue weighted by atomic mass is 9.97. The molecule has 2 aromatic heterocycles. The van der Waals surface area contributed by atoms with Gasteiger partial charge in [-0.15, -0.1) is 0 Å². The molecule has 0 fully saturated rings. The molecule has 0 bridgehead atoms. The third kappa shape index (κ3) is 5.53. The van der Waals surface area contributed by atoms with Gasteiger partial charge in [0.2, 0.25) is 0 Å². The van der Waals surface area contributed by atoms with E-state index in [9.17, 15) is 4.79 Å². The van der Waals surface area contributed by atoms with E-state index in [2.05, 4.69) is 71.2 Å². The number of imidazole rings is 1. The summed E-state index contributed by atoms with van der Waals surface area (Å²) in [6.07, 6.45) is 1.70. The van der Waals surface area contributed by atoms with Crippen molar-refractivity contribution in [2.45, 2.75) is 26.3 Å². The van der Waals surface area contributed by atoms with Crippen LogP contribution in [-0.4, -0.2) is 51.7 Å². The molecule has 0 saturated carbocycles. The van der Waals surface area contributed by atoms with Gasteiger partial charge in [-0.1, -0.05) is 74.5 Å². The largest absolute Gasteiger partial charge is 0.492 e. The van der Waals surface area contributed by atoms with Gasteiger partial charge in [0.1, 0.15) is 17.9 Å². The number of nitrogens with one attached hydrogen (secondary N) is 1. The van der Waals surface area contributed by atoms with E-state index in [0.29, 0.717) is 36.1 Å². The second-order valence-corrected chi connectivity index (χ2v) is 10.1. The molecule has 0 unspecified atom stereocenters. The van der Waals surface area contributed by atoms with Crippen molar-refractivity contribution in [2.75, 3.05) is 27.2 Å². The quantitative estimate of drug-likeness (QED) is 0.282. The van der Waals surface area contributed by atoms with E-state index < -0.39 is 0 Å². The minimum atomic E-state index is -0.199. The van der Waals surface area contributed by atoms with Gasteiger partial charge in [-0.25, -0.2) is 14.8 Å². The van der Waals surface area contributed by atoms with Gasteiger partial charge in [0.15, 0.2) is 11.5 Å². The van der Waals surface area contributed by atoms with Crippen molar-refractivity contribution in [1.82, 2.24) is 24.4 Å². The van der Waals surface area contributed by atoms with E-state index in [1.165, 1.54) is 5.56 Å². The summed E-state index contributed by atoms with van der Waals surface area (Å²) in [4.78, 5) is 27.2. The van der Waals surface area contributed by atoms with Crippen LogP contribution in [0.5, 0.6) is 5.75 Å². The predicted molar refractivity (Wildman–Crippen MR) is 153 cm³/mol. The Morgan fingerprint density at radius 3 is 2.53 bits per heavy atom. The molecule has 7 heteroatoms. The molecule has 1 N–H and O–H groups in total. The maximum absolute atomic E-state index is 12.8. The summed E-state index contributed by atoms with van der Waals surface area (Å²) in [7, 11) is 4.06. The van der Waals surface area contributed by atoms with Crippen LogP contribution in [0.15, 0.2) is 83.8 Å². The highest BCUT2D eigenvalue weighted by Crippen LogP contribution is 2.28. The van der Waals surface area contributed by atoms with Crippen LogP contribution < -0.4 is 10.4 Å². The number of hydrogen-bond acceptors (Lipinski definition) is 5. The molecule has 2 heterocycles. The Morgan fingerprint density at radius 2 is 1.76 bits per heavy atom. The maximum Gasteiger partial charge on any atom is 0.328 e. The van der Waals surface area contributed by atoms with Gasteiger partial charge in [0, 0.05) is 12.1 Å². The van der Waals surface area contributed by atoms with Gasteiger partial charge >= 0.3 is 5.69 Å². The average molecular weight is 508 g/mol. The fraction of sp³-hybridized carbons (Fsp3) is 0.258. The Kier molecular flexibility index (Phi) is 7.38. The van der Waals surface area contributed by atoms with Crippen molar-refractivity contribution < 1.29 is 4.74 Å². The van der Waals surface area contributed by atoms with Crippen LogP contribution in [0.4, 0.5) is 0 Å². The number of fused-ring (bicyclic) bond motifs is 1. The number of likely N-dealkylation sites (N-methyl/N-ethyl adjacent to an activating group) is 1. The van der Waals surface area contributed by atoms with Gasteiger partial charge in [-0.3, -0.25) is 4.57 Å². The minimum Gasteiger partial charge on any atom is -0.492 e. The highest BCUT2D eigenvalue weighted by molar-refractivity contribution is 5.74. The van der Waals surface area contributed by atoms with Gasteiger partial charge in [-0.05, 0) is 54.4 Å². The molecule has 0 aliphatic carbocycles. The summed E-state index contributed by atoms with van der Waals surface area (Å²) < 4.78 is 7.57. The number of hydrogen-bond donors (Lipinski definition) is 1. The lowest BCUT2D eigenvalue weighted by Crippen LogP contribution is -2.19. The number of rotatable bonds is 9. The normalized spacial score (nSPS) is 11.5. The maximum atomic E-state index is 12.8. The molecular formula is C31H33N5O2. The number of benzene rings is 3. The number of nitrogens with zero attached hydrogens (tertiary/aromatic N) is 4. The number of aromatic amines is 1.